The molecule has 1 aromatic heterocycles. The molecule has 0 spiro atoms. The summed E-state index contributed by atoms with van der Waals surface area (Å²) in [5, 5.41) is 13.2. The first-order chi connectivity index (χ1) is 9.08. The van der Waals surface area contributed by atoms with Crippen molar-refractivity contribution in [2.75, 3.05) is 5.32 Å². The minimum Gasteiger partial charge on any atom is -0.290 e. The number of nitro groups is 1. The van der Waals surface area contributed by atoms with Crippen LogP contribution in [-0.2, 0) is 0 Å². The van der Waals surface area contributed by atoms with Crippen molar-refractivity contribution in [1.82, 2.24) is 9.97 Å². The Hall–Kier alpha value is -2.54. The molecule has 0 unspecified atom stereocenters. The molecule has 0 aliphatic heterocycles. The van der Waals surface area contributed by atoms with Gasteiger partial charge in [0.25, 0.3) is 11.6 Å². The molecule has 0 aliphatic carbocycles. The SMILES string of the molecule is O=C(Nc1ncccn1)c1cc([N+](=O)[O-])ccc1Cl. The summed E-state index contributed by atoms with van der Waals surface area (Å²) in [6, 6.07) is 5.20. The van der Waals surface area contributed by atoms with Crippen LogP contribution in [0.5, 0.6) is 0 Å². The molecule has 0 saturated carbocycles. The van der Waals surface area contributed by atoms with Crippen LogP contribution in [0, 0.1) is 10.1 Å². The number of carbonyl (C=O) groups is 1. The van der Waals surface area contributed by atoms with Gasteiger partial charge in [-0.3, -0.25) is 20.2 Å². The van der Waals surface area contributed by atoms with E-state index in [0.717, 1.165) is 6.07 Å². The molecule has 1 aromatic carbocycles. The zero-order valence-corrected chi connectivity index (χ0v) is 10.2. The average molecular weight is 279 g/mol. The third-order valence-corrected chi connectivity index (χ3v) is 2.53. The van der Waals surface area contributed by atoms with E-state index < -0.39 is 10.8 Å². The van der Waals surface area contributed by atoms with Gasteiger partial charge in [0.2, 0.25) is 5.95 Å². The summed E-state index contributed by atoms with van der Waals surface area (Å²) in [5.74, 6) is -0.519. The normalized spacial score (nSPS) is 9.95. The molecule has 0 fully saturated rings. The maximum atomic E-state index is 11.9. The van der Waals surface area contributed by atoms with Gasteiger partial charge in [0.05, 0.1) is 15.5 Å². The van der Waals surface area contributed by atoms with Crippen LogP contribution >= 0.6 is 11.6 Å². The number of anilines is 1. The van der Waals surface area contributed by atoms with Crippen molar-refractivity contribution in [3.05, 3.63) is 57.4 Å². The number of hydrogen-bond donors (Lipinski definition) is 1. The lowest BCUT2D eigenvalue weighted by Gasteiger charge is -2.04. The van der Waals surface area contributed by atoms with Gasteiger partial charge >= 0.3 is 0 Å². The summed E-state index contributed by atoms with van der Waals surface area (Å²) in [6.07, 6.45) is 2.91. The fourth-order valence-corrected chi connectivity index (χ4v) is 1.54. The summed E-state index contributed by atoms with van der Waals surface area (Å²) in [6.45, 7) is 0. The second kappa shape index (κ2) is 5.40. The Morgan fingerprint density at radius 3 is 2.63 bits per heavy atom. The van der Waals surface area contributed by atoms with Crippen LogP contribution in [0.3, 0.4) is 0 Å². The van der Waals surface area contributed by atoms with Crippen LogP contribution in [0.2, 0.25) is 5.02 Å². The number of carbonyl (C=O) groups excluding carboxylic acids is 1. The molecule has 0 radical (unpaired) electrons. The summed E-state index contributed by atoms with van der Waals surface area (Å²) in [7, 11) is 0. The average Bonchev–Trinajstić information content (AvgIpc) is 2.40. The first-order valence-electron chi connectivity index (χ1n) is 5.10. The van der Waals surface area contributed by atoms with Crippen molar-refractivity contribution < 1.29 is 9.72 Å². The van der Waals surface area contributed by atoms with E-state index in [1.54, 1.807) is 6.07 Å². The lowest BCUT2D eigenvalue weighted by Crippen LogP contribution is -2.14. The molecule has 19 heavy (non-hydrogen) atoms. The molecule has 0 aliphatic rings. The standard InChI is InChI=1S/C11H7ClN4O3/c12-9-3-2-7(16(18)19)6-8(9)10(17)15-11-13-4-1-5-14-11/h1-6H,(H,13,14,15,17). The largest absolute Gasteiger partial charge is 0.290 e. The van der Waals surface area contributed by atoms with E-state index in [1.165, 1.54) is 24.5 Å². The van der Waals surface area contributed by atoms with Crippen molar-refractivity contribution in [3.8, 4) is 0 Å². The highest BCUT2D eigenvalue weighted by molar-refractivity contribution is 6.34. The van der Waals surface area contributed by atoms with Crippen LogP contribution in [0.15, 0.2) is 36.7 Å². The van der Waals surface area contributed by atoms with Crippen LogP contribution < -0.4 is 5.32 Å². The number of halogens is 1. The molecule has 96 valence electrons. The number of non-ortho nitro benzene ring substituents is 1. The molecule has 1 N–H and O–H groups in total. The maximum Gasteiger partial charge on any atom is 0.270 e. The van der Waals surface area contributed by atoms with Gasteiger partial charge < -0.3 is 0 Å². The van der Waals surface area contributed by atoms with E-state index in [-0.39, 0.29) is 22.2 Å². The molecular formula is C11H7ClN4O3. The van der Waals surface area contributed by atoms with Crippen LogP contribution in [0.25, 0.3) is 0 Å². The molecule has 7 nitrogen and oxygen atoms in total. The third-order valence-electron chi connectivity index (χ3n) is 2.20. The lowest BCUT2D eigenvalue weighted by molar-refractivity contribution is -0.384. The van der Waals surface area contributed by atoms with E-state index in [2.05, 4.69) is 15.3 Å². The fourth-order valence-electron chi connectivity index (χ4n) is 1.33. The number of nitrogens with zero attached hydrogens (tertiary/aromatic N) is 3. The molecular weight excluding hydrogens is 272 g/mol. The van der Waals surface area contributed by atoms with E-state index in [4.69, 9.17) is 11.6 Å². The number of nitrogens with one attached hydrogen (secondary N) is 1. The van der Waals surface area contributed by atoms with Gasteiger partial charge in [0.1, 0.15) is 0 Å². The predicted octanol–water partition coefficient (Wildman–Crippen LogP) is 2.29. The highest BCUT2D eigenvalue weighted by Gasteiger charge is 2.16. The monoisotopic (exact) mass is 278 g/mol. The molecule has 0 atom stereocenters. The number of aromatic nitrogens is 2. The highest BCUT2D eigenvalue weighted by atomic mass is 35.5. The van der Waals surface area contributed by atoms with Crippen LogP contribution in [0.4, 0.5) is 11.6 Å². The van der Waals surface area contributed by atoms with Crippen molar-refractivity contribution >= 4 is 29.1 Å². The van der Waals surface area contributed by atoms with E-state index in [1.807, 2.05) is 0 Å². The summed E-state index contributed by atoms with van der Waals surface area (Å²) in [4.78, 5) is 29.6. The number of amides is 1. The Balaban J connectivity index is 2.28. The summed E-state index contributed by atoms with van der Waals surface area (Å²) in [5.41, 5.74) is -0.230. The number of nitro benzene ring substituents is 1. The Labute approximate surface area is 112 Å². The van der Waals surface area contributed by atoms with E-state index in [0.29, 0.717) is 0 Å². The van der Waals surface area contributed by atoms with Gasteiger partial charge in [-0.15, -0.1) is 0 Å². The second-order valence-corrected chi connectivity index (χ2v) is 3.85. The van der Waals surface area contributed by atoms with Gasteiger partial charge in [0, 0.05) is 24.5 Å². The summed E-state index contributed by atoms with van der Waals surface area (Å²) < 4.78 is 0. The topological polar surface area (TPSA) is 98.0 Å². The molecule has 2 rings (SSSR count). The van der Waals surface area contributed by atoms with Crippen molar-refractivity contribution in [2.24, 2.45) is 0 Å². The number of rotatable bonds is 3. The minimum atomic E-state index is -0.611. The predicted molar refractivity (Wildman–Crippen MR) is 68.1 cm³/mol. The second-order valence-electron chi connectivity index (χ2n) is 3.45. The Bertz CT molecular complexity index is 633. The van der Waals surface area contributed by atoms with Crippen LogP contribution in [-0.4, -0.2) is 20.8 Å². The molecule has 2 aromatic rings. The van der Waals surface area contributed by atoms with Crippen molar-refractivity contribution in [2.45, 2.75) is 0 Å². The molecule has 1 heterocycles. The van der Waals surface area contributed by atoms with Crippen LogP contribution in [0.1, 0.15) is 10.4 Å². The third kappa shape index (κ3) is 3.02. The van der Waals surface area contributed by atoms with E-state index in [9.17, 15) is 14.9 Å². The number of hydrogen-bond acceptors (Lipinski definition) is 5. The molecule has 1 amide bonds. The van der Waals surface area contributed by atoms with Crippen molar-refractivity contribution in [3.63, 3.8) is 0 Å². The smallest absolute Gasteiger partial charge is 0.270 e. The van der Waals surface area contributed by atoms with Gasteiger partial charge in [0.15, 0.2) is 0 Å². The quantitative estimate of drug-likeness (QED) is 0.686. The summed E-state index contributed by atoms with van der Waals surface area (Å²) >= 11 is 5.84. The first kappa shape index (κ1) is 12.9. The first-order valence-corrected chi connectivity index (χ1v) is 5.48. The van der Waals surface area contributed by atoms with Gasteiger partial charge in [-0.2, -0.15) is 0 Å². The van der Waals surface area contributed by atoms with Crippen molar-refractivity contribution in [1.29, 1.82) is 0 Å². The Morgan fingerprint density at radius 1 is 1.32 bits per heavy atom. The molecule has 0 saturated heterocycles. The lowest BCUT2D eigenvalue weighted by atomic mass is 10.2. The highest BCUT2D eigenvalue weighted by Crippen LogP contribution is 2.22. The zero-order valence-electron chi connectivity index (χ0n) is 9.41. The van der Waals surface area contributed by atoms with Gasteiger partial charge in [-0.05, 0) is 12.1 Å². The Kier molecular flexibility index (Phi) is 3.67. The van der Waals surface area contributed by atoms with Gasteiger partial charge in [-0.25, -0.2) is 9.97 Å². The number of benzene rings is 1. The van der Waals surface area contributed by atoms with Gasteiger partial charge in [-0.1, -0.05) is 11.6 Å². The minimum absolute atomic E-state index is 0.0108. The maximum absolute atomic E-state index is 11.9. The van der Waals surface area contributed by atoms with E-state index >= 15 is 0 Å². The molecule has 8 heteroatoms. The zero-order chi connectivity index (χ0) is 13.8. The molecule has 0 bridgehead atoms. The fraction of sp³-hybridized carbons (Fsp3) is 0. The Morgan fingerprint density at radius 2 is 2.00 bits per heavy atom.